The van der Waals surface area contributed by atoms with Crippen molar-refractivity contribution in [2.24, 2.45) is 0 Å². The van der Waals surface area contributed by atoms with Crippen molar-refractivity contribution in [3.05, 3.63) is 28.8 Å². The Morgan fingerprint density at radius 1 is 1.05 bits per heavy atom. The molecule has 1 aromatic rings. The zero-order chi connectivity index (χ0) is 14.8. The van der Waals surface area contributed by atoms with Crippen LogP contribution >= 0.6 is 0 Å². The number of aryl methyl sites for hydroxylation is 2. The van der Waals surface area contributed by atoms with Crippen LogP contribution in [0.5, 0.6) is 5.75 Å². The number of rotatable bonds is 10. The largest absolute Gasteiger partial charge is 0.493 e. The van der Waals surface area contributed by atoms with Gasteiger partial charge >= 0.3 is 0 Å². The number of benzene rings is 1. The summed E-state index contributed by atoms with van der Waals surface area (Å²) >= 11 is 0. The van der Waals surface area contributed by atoms with E-state index in [1.165, 1.54) is 23.1 Å². The van der Waals surface area contributed by atoms with Crippen LogP contribution < -0.4 is 10.1 Å². The van der Waals surface area contributed by atoms with E-state index in [0.717, 1.165) is 45.1 Å². The van der Waals surface area contributed by atoms with Crippen LogP contribution in [0.3, 0.4) is 0 Å². The fourth-order valence-corrected chi connectivity index (χ4v) is 2.26. The zero-order valence-electron chi connectivity index (χ0n) is 13.4. The second-order valence-corrected chi connectivity index (χ2v) is 5.13. The van der Waals surface area contributed by atoms with Crippen molar-refractivity contribution in [2.75, 3.05) is 26.4 Å². The monoisotopic (exact) mass is 279 g/mol. The van der Waals surface area contributed by atoms with Crippen molar-refractivity contribution in [3.63, 3.8) is 0 Å². The second-order valence-electron chi connectivity index (χ2n) is 5.13. The van der Waals surface area contributed by atoms with Crippen molar-refractivity contribution in [2.45, 2.75) is 47.1 Å². The number of nitrogens with one attached hydrogen (secondary N) is 1. The zero-order valence-corrected chi connectivity index (χ0v) is 13.4. The van der Waals surface area contributed by atoms with Gasteiger partial charge in [0.15, 0.2) is 0 Å². The number of ether oxygens (including phenoxy) is 2. The fourth-order valence-electron chi connectivity index (χ4n) is 2.26. The molecule has 0 aliphatic heterocycles. The summed E-state index contributed by atoms with van der Waals surface area (Å²) in [6, 6.07) is 4.43. The van der Waals surface area contributed by atoms with Crippen LogP contribution in [-0.2, 0) is 11.3 Å². The van der Waals surface area contributed by atoms with E-state index in [9.17, 15) is 0 Å². The van der Waals surface area contributed by atoms with Crippen LogP contribution in [0.4, 0.5) is 0 Å². The first-order chi connectivity index (χ1) is 9.69. The Kier molecular flexibility index (Phi) is 8.31. The minimum absolute atomic E-state index is 0.717. The molecule has 0 heterocycles. The minimum Gasteiger partial charge on any atom is -0.493 e. The molecule has 0 aliphatic carbocycles. The van der Waals surface area contributed by atoms with Crippen LogP contribution in [0, 0.1) is 13.8 Å². The molecule has 0 fully saturated rings. The van der Waals surface area contributed by atoms with Crippen LogP contribution in [0.15, 0.2) is 12.1 Å². The SMILES string of the molecule is CCCNCc1cc(C)c(OCCCOCC)c(C)c1. The number of hydrogen-bond acceptors (Lipinski definition) is 3. The highest BCUT2D eigenvalue weighted by Gasteiger charge is 2.06. The molecule has 1 rings (SSSR count). The van der Waals surface area contributed by atoms with Gasteiger partial charge in [0.25, 0.3) is 0 Å². The molecule has 0 saturated heterocycles. The predicted octanol–water partition coefficient (Wildman–Crippen LogP) is 3.61. The lowest BCUT2D eigenvalue weighted by atomic mass is 10.1. The van der Waals surface area contributed by atoms with Crippen LogP contribution in [-0.4, -0.2) is 26.4 Å². The van der Waals surface area contributed by atoms with Gasteiger partial charge in [-0.05, 0) is 50.4 Å². The Labute approximate surface area is 123 Å². The molecule has 114 valence electrons. The smallest absolute Gasteiger partial charge is 0.125 e. The first-order valence-electron chi connectivity index (χ1n) is 7.70. The predicted molar refractivity (Wildman–Crippen MR) is 84.5 cm³/mol. The van der Waals surface area contributed by atoms with Crippen molar-refractivity contribution < 1.29 is 9.47 Å². The molecule has 0 aromatic heterocycles. The maximum atomic E-state index is 5.89. The van der Waals surface area contributed by atoms with Gasteiger partial charge in [-0.1, -0.05) is 19.1 Å². The molecular formula is C17H29NO2. The van der Waals surface area contributed by atoms with E-state index < -0.39 is 0 Å². The lowest BCUT2D eigenvalue weighted by molar-refractivity contribution is 0.130. The third-order valence-electron chi connectivity index (χ3n) is 3.16. The Morgan fingerprint density at radius 2 is 1.75 bits per heavy atom. The maximum absolute atomic E-state index is 5.89. The van der Waals surface area contributed by atoms with Crippen molar-refractivity contribution in [3.8, 4) is 5.75 Å². The molecule has 0 amide bonds. The first kappa shape index (κ1) is 17.0. The summed E-state index contributed by atoms with van der Waals surface area (Å²) in [4.78, 5) is 0. The van der Waals surface area contributed by atoms with Crippen LogP contribution in [0.2, 0.25) is 0 Å². The van der Waals surface area contributed by atoms with Gasteiger partial charge < -0.3 is 14.8 Å². The van der Waals surface area contributed by atoms with Crippen molar-refractivity contribution in [1.29, 1.82) is 0 Å². The highest BCUT2D eigenvalue weighted by molar-refractivity contribution is 5.43. The molecular weight excluding hydrogens is 250 g/mol. The topological polar surface area (TPSA) is 30.5 Å². The van der Waals surface area contributed by atoms with E-state index in [0.29, 0.717) is 0 Å². The van der Waals surface area contributed by atoms with Crippen LogP contribution in [0.1, 0.15) is 43.4 Å². The van der Waals surface area contributed by atoms with Gasteiger partial charge in [-0.15, -0.1) is 0 Å². The average molecular weight is 279 g/mol. The van der Waals surface area contributed by atoms with Crippen molar-refractivity contribution in [1.82, 2.24) is 5.32 Å². The summed E-state index contributed by atoms with van der Waals surface area (Å²) < 4.78 is 11.2. The Hall–Kier alpha value is -1.06. The molecule has 3 nitrogen and oxygen atoms in total. The average Bonchev–Trinajstić information content (AvgIpc) is 2.41. The highest BCUT2D eigenvalue weighted by atomic mass is 16.5. The van der Waals surface area contributed by atoms with E-state index >= 15 is 0 Å². The molecule has 0 aliphatic rings. The van der Waals surface area contributed by atoms with E-state index in [2.05, 4.69) is 38.2 Å². The van der Waals surface area contributed by atoms with Gasteiger partial charge in [-0.25, -0.2) is 0 Å². The highest BCUT2D eigenvalue weighted by Crippen LogP contribution is 2.25. The first-order valence-corrected chi connectivity index (χ1v) is 7.70. The van der Waals surface area contributed by atoms with E-state index in [4.69, 9.17) is 9.47 Å². The second kappa shape index (κ2) is 9.78. The Bertz CT molecular complexity index is 368. The normalized spacial score (nSPS) is 10.8. The molecule has 0 radical (unpaired) electrons. The van der Waals surface area contributed by atoms with E-state index in [-0.39, 0.29) is 0 Å². The summed E-state index contributed by atoms with van der Waals surface area (Å²) in [6.07, 6.45) is 2.10. The van der Waals surface area contributed by atoms with Gasteiger partial charge in [0.2, 0.25) is 0 Å². The summed E-state index contributed by atoms with van der Waals surface area (Å²) in [6.45, 7) is 12.7. The molecule has 1 N–H and O–H groups in total. The maximum Gasteiger partial charge on any atom is 0.125 e. The molecule has 3 heteroatoms. The lowest BCUT2D eigenvalue weighted by Crippen LogP contribution is -2.14. The molecule has 0 unspecified atom stereocenters. The van der Waals surface area contributed by atoms with Gasteiger partial charge in [-0.2, -0.15) is 0 Å². The summed E-state index contributed by atoms with van der Waals surface area (Å²) in [7, 11) is 0. The number of hydrogen-bond donors (Lipinski definition) is 1. The minimum atomic E-state index is 0.717. The lowest BCUT2D eigenvalue weighted by Gasteiger charge is -2.14. The van der Waals surface area contributed by atoms with E-state index in [1.54, 1.807) is 0 Å². The fraction of sp³-hybridized carbons (Fsp3) is 0.647. The molecule has 0 atom stereocenters. The summed E-state index contributed by atoms with van der Waals surface area (Å²) in [5.74, 6) is 1.03. The van der Waals surface area contributed by atoms with Crippen LogP contribution in [0.25, 0.3) is 0 Å². The summed E-state index contributed by atoms with van der Waals surface area (Å²) in [5.41, 5.74) is 3.76. The molecule has 1 aromatic carbocycles. The molecule has 0 bridgehead atoms. The quantitative estimate of drug-likeness (QED) is 0.664. The summed E-state index contributed by atoms with van der Waals surface area (Å²) in [5, 5.41) is 3.43. The van der Waals surface area contributed by atoms with Crippen molar-refractivity contribution >= 4 is 0 Å². The van der Waals surface area contributed by atoms with Gasteiger partial charge in [-0.3, -0.25) is 0 Å². The van der Waals surface area contributed by atoms with Gasteiger partial charge in [0.05, 0.1) is 6.61 Å². The van der Waals surface area contributed by atoms with Gasteiger partial charge in [0, 0.05) is 26.2 Å². The third-order valence-corrected chi connectivity index (χ3v) is 3.16. The standard InChI is InChI=1S/C17H29NO2/c1-5-8-18-13-16-11-14(3)17(15(4)12-16)20-10-7-9-19-6-2/h11-12,18H,5-10,13H2,1-4H3. The molecule has 0 spiro atoms. The Morgan fingerprint density at radius 3 is 2.35 bits per heavy atom. The third kappa shape index (κ3) is 5.93. The van der Waals surface area contributed by atoms with E-state index in [1.807, 2.05) is 6.92 Å². The molecule has 0 saturated carbocycles. The molecule has 20 heavy (non-hydrogen) atoms. The van der Waals surface area contributed by atoms with Gasteiger partial charge in [0.1, 0.15) is 5.75 Å². The Balaban J connectivity index is 2.51.